The molecule has 2 N–H and O–H groups in total. The van der Waals surface area contributed by atoms with Crippen molar-refractivity contribution in [2.24, 2.45) is 5.92 Å². The minimum atomic E-state index is -3.51. The quantitative estimate of drug-likeness (QED) is 0.790. The minimum absolute atomic E-state index is 0.000769. The summed E-state index contributed by atoms with van der Waals surface area (Å²) in [5, 5.41) is 8.71. The molecule has 21 heavy (non-hydrogen) atoms. The van der Waals surface area contributed by atoms with Crippen molar-refractivity contribution >= 4 is 10.0 Å². The van der Waals surface area contributed by atoms with Gasteiger partial charge in [0.25, 0.3) is 0 Å². The molecule has 0 fully saturated rings. The van der Waals surface area contributed by atoms with E-state index in [0.717, 1.165) is 6.42 Å². The van der Waals surface area contributed by atoms with E-state index < -0.39 is 10.0 Å². The van der Waals surface area contributed by atoms with Gasteiger partial charge in [0.15, 0.2) is 0 Å². The van der Waals surface area contributed by atoms with E-state index in [1.165, 1.54) is 0 Å². The molecule has 4 nitrogen and oxygen atoms in total. The fraction of sp³-hybridized carbons (Fsp3) is 0.500. The van der Waals surface area contributed by atoms with Crippen LogP contribution in [-0.4, -0.2) is 26.7 Å². The Balaban J connectivity index is 2.95. The average Bonchev–Trinajstić information content (AvgIpc) is 2.40. The Morgan fingerprint density at radius 3 is 2.67 bits per heavy atom. The van der Waals surface area contributed by atoms with Crippen LogP contribution in [0.2, 0.25) is 0 Å². The van der Waals surface area contributed by atoms with Crippen LogP contribution < -0.4 is 4.72 Å². The molecule has 0 saturated carbocycles. The molecule has 1 aromatic carbocycles. The van der Waals surface area contributed by atoms with Gasteiger partial charge in [0, 0.05) is 18.5 Å². The van der Waals surface area contributed by atoms with Crippen molar-refractivity contribution in [3.8, 4) is 11.8 Å². The first-order valence-corrected chi connectivity index (χ1v) is 8.55. The van der Waals surface area contributed by atoms with Crippen molar-refractivity contribution in [2.75, 3.05) is 13.2 Å². The summed E-state index contributed by atoms with van der Waals surface area (Å²) >= 11 is 0. The number of aliphatic hydroxyl groups is 1. The third-order valence-electron chi connectivity index (χ3n) is 2.96. The average molecular weight is 309 g/mol. The monoisotopic (exact) mass is 309 g/mol. The van der Waals surface area contributed by atoms with Crippen molar-refractivity contribution < 1.29 is 13.5 Å². The van der Waals surface area contributed by atoms with Gasteiger partial charge in [-0.15, -0.1) is 0 Å². The van der Waals surface area contributed by atoms with Crippen LogP contribution in [0.15, 0.2) is 23.1 Å². The lowest BCUT2D eigenvalue weighted by Crippen LogP contribution is -2.26. The molecule has 0 heterocycles. The fourth-order valence-electron chi connectivity index (χ4n) is 1.75. The molecule has 116 valence electrons. The molecule has 0 aliphatic carbocycles. The first kappa shape index (κ1) is 17.7. The number of rotatable bonds is 6. The lowest BCUT2D eigenvalue weighted by Gasteiger charge is -2.10. The largest absolute Gasteiger partial charge is 0.395 e. The number of nitrogens with one attached hydrogen (secondary N) is 1. The summed E-state index contributed by atoms with van der Waals surface area (Å²) < 4.78 is 27.3. The first-order chi connectivity index (χ1) is 9.86. The molecule has 0 aliphatic rings. The van der Waals surface area contributed by atoms with Crippen molar-refractivity contribution in [3.05, 3.63) is 29.3 Å². The Bertz CT molecular complexity index is 625. The van der Waals surface area contributed by atoms with Crippen LogP contribution in [0.25, 0.3) is 0 Å². The summed E-state index contributed by atoms with van der Waals surface area (Å²) in [6, 6.07) is 5.12. The molecule has 0 amide bonds. The molecule has 0 aliphatic heterocycles. The van der Waals surface area contributed by atoms with E-state index in [9.17, 15) is 8.42 Å². The van der Waals surface area contributed by atoms with Crippen LogP contribution in [0.5, 0.6) is 0 Å². The Hall–Kier alpha value is -1.35. The maximum Gasteiger partial charge on any atom is 0.240 e. The molecule has 0 unspecified atom stereocenters. The summed E-state index contributed by atoms with van der Waals surface area (Å²) in [7, 11) is -3.51. The van der Waals surface area contributed by atoms with Gasteiger partial charge in [-0.3, -0.25) is 0 Å². The first-order valence-electron chi connectivity index (χ1n) is 7.07. The Morgan fingerprint density at radius 1 is 1.33 bits per heavy atom. The van der Waals surface area contributed by atoms with E-state index in [-0.39, 0.29) is 11.5 Å². The second kappa shape index (κ2) is 8.18. The number of aryl methyl sites for hydroxylation is 1. The lowest BCUT2D eigenvalue weighted by atomic mass is 10.1. The zero-order valence-corrected chi connectivity index (χ0v) is 13.6. The molecule has 0 spiro atoms. The predicted octanol–water partition coefficient (Wildman–Crippen LogP) is 2.05. The van der Waals surface area contributed by atoms with E-state index in [1.807, 2.05) is 0 Å². The molecule has 0 saturated heterocycles. The highest BCUT2D eigenvalue weighted by atomic mass is 32.2. The van der Waals surface area contributed by atoms with Gasteiger partial charge in [-0.1, -0.05) is 31.8 Å². The van der Waals surface area contributed by atoms with Crippen molar-refractivity contribution in [1.29, 1.82) is 0 Å². The second-order valence-corrected chi connectivity index (χ2v) is 7.07. The van der Waals surface area contributed by atoms with Gasteiger partial charge in [-0.05, 0) is 37.0 Å². The van der Waals surface area contributed by atoms with Crippen LogP contribution in [-0.2, 0) is 10.0 Å². The van der Waals surface area contributed by atoms with Gasteiger partial charge >= 0.3 is 0 Å². The van der Waals surface area contributed by atoms with Crippen molar-refractivity contribution in [2.45, 2.75) is 38.5 Å². The molecule has 1 aromatic rings. The SMILES string of the molecule is Cc1ccc(C#CCCO)cc1S(=O)(=O)NCCC(C)C. The normalized spacial score (nSPS) is 11.3. The molecular weight excluding hydrogens is 286 g/mol. The third kappa shape index (κ3) is 5.88. The zero-order chi connectivity index (χ0) is 15.9. The predicted molar refractivity (Wildman–Crippen MR) is 84.4 cm³/mol. The van der Waals surface area contributed by atoms with E-state index >= 15 is 0 Å². The van der Waals surface area contributed by atoms with Gasteiger partial charge in [-0.2, -0.15) is 0 Å². The van der Waals surface area contributed by atoms with Crippen LogP contribution >= 0.6 is 0 Å². The second-order valence-electron chi connectivity index (χ2n) is 5.34. The van der Waals surface area contributed by atoms with E-state index in [0.29, 0.717) is 30.0 Å². The maximum absolute atomic E-state index is 12.3. The molecule has 0 radical (unpaired) electrons. The summed E-state index contributed by atoms with van der Waals surface area (Å²) in [6.45, 7) is 6.30. The van der Waals surface area contributed by atoms with Crippen LogP contribution in [0.3, 0.4) is 0 Å². The van der Waals surface area contributed by atoms with Gasteiger partial charge < -0.3 is 5.11 Å². The van der Waals surface area contributed by atoms with Gasteiger partial charge in [-0.25, -0.2) is 13.1 Å². The number of benzene rings is 1. The molecule has 0 atom stereocenters. The third-order valence-corrected chi connectivity index (χ3v) is 4.56. The number of hydrogen-bond donors (Lipinski definition) is 2. The summed E-state index contributed by atoms with van der Waals surface area (Å²) in [6.07, 6.45) is 1.18. The Morgan fingerprint density at radius 2 is 2.05 bits per heavy atom. The van der Waals surface area contributed by atoms with Crippen molar-refractivity contribution in [3.63, 3.8) is 0 Å². The Labute approximate surface area is 127 Å². The van der Waals surface area contributed by atoms with E-state index in [4.69, 9.17) is 5.11 Å². The van der Waals surface area contributed by atoms with Crippen LogP contribution in [0.1, 0.15) is 37.8 Å². The molecule has 0 aromatic heterocycles. The Kier molecular flexibility index (Phi) is 6.90. The number of sulfonamides is 1. The van der Waals surface area contributed by atoms with E-state index in [1.54, 1.807) is 25.1 Å². The maximum atomic E-state index is 12.3. The van der Waals surface area contributed by atoms with Crippen molar-refractivity contribution in [1.82, 2.24) is 4.72 Å². The molecule has 0 bridgehead atoms. The zero-order valence-electron chi connectivity index (χ0n) is 12.8. The fourth-order valence-corrected chi connectivity index (χ4v) is 3.06. The molecular formula is C16H23NO3S. The molecule has 1 rings (SSSR count). The summed E-state index contributed by atoms with van der Waals surface area (Å²) in [5.41, 5.74) is 1.33. The van der Waals surface area contributed by atoms with Gasteiger partial charge in [0.1, 0.15) is 0 Å². The van der Waals surface area contributed by atoms with Gasteiger partial charge in [0.05, 0.1) is 11.5 Å². The standard InChI is InChI=1S/C16H23NO3S/c1-13(2)9-10-17-21(19,20)16-12-15(6-4-5-11-18)8-7-14(16)3/h7-8,12-13,17-18H,5,9-11H2,1-3H3. The highest BCUT2D eigenvalue weighted by Gasteiger charge is 2.16. The van der Waals surface area contributed by atoms with E-state index in [2.05, 4.69) is 30.4 Å². The van der Waals surface area contributed by atoms with Crippen LogP contribution in [0, 0.1) is 24.7 Å². The smallest absolute Gasteiger partial charge is 0.240 e. The van der Waals surface area contributed by atoms with Crippen LogP contribution in [0.4, 0.5) is 0 Å². The summed E-state index contributed by atoms with van der Waals surface area (Å²) in [4.78, 5) is 0.266. The highest BCUT2D eigenvalue weighted by Crippen LogP contribution is 2.16. The number of hydrogen-bond acceptors (Lipinski definition) is 3. The summed E-state index contributed by atoms with van der Waals surface area (Å²) in [5.74, 6) is 6.10. The lowest BCUT2D eigenvalue weighted by molar-refractivity contribution is 0.305. The van der Waals surface area contributed by atoms with Gasteiger partial charge in [0.2, 0.25) is 10.0 Å². The highest BCUT2D eigenvalue weighted by molar-refractivity contribution is 7.89. The number of aliphatic hydroxyl groups excluding tert-OH is 1. The minimum Gasteiger partial charge on any atom is -0.395 e. The topological polar surface area (TPSA) is 66.4 Å². The molecule has 5 heteroatoms.